The second-order valence-electron chi connectivity index (χ2n) is 6.48. The Morgan fingerprint density at radius 3 is 2.70 bits per heavy atom. The molecule has 0 aromatic heterocycles. The van der Waals surface area contributed by atoms with Gasteiger partial charge in [0, 0.05) is 19.1 Å². The molecule has 20 heavy (non-hydrogen) atoms. The summed E-state index contributed by atoms with van der Waals surface area (Å²) in [5.74, 6) is 1.26. The molecule has 4 aliphatic heterocycles. The van der Waals surface area contributed by atoms with Crippen molar-refractivity contribution >= 4 is 11.8 Å². The van der Waals surface area contributed by atoms with Crippen LogP contribution in [0.15, 0.2) is 12.3 Å². The predicted molar refractivity (Wildman–Crippen MR) is 82.0 cm³/mol. The van der Waals surface area contributed by atoms with Crippen LogP contribution in [0.3, 0.4) is 0 Å². The van der Waals surface area contributed by atoms with E-state index < -0.39 is 0 Å². The summed E-state index contributed by atoms with van der Waals surface area (Å²) < 4.78 is 12.4. The first kappa shape index (κ1) is 13.5. The van der Waals surface area contributed by atoms with Gasteiger partial charge >= 0.3 is 0 Å². The van der Waals surface area contributed by atoms with Crippen molar-refractivity contribution in [3.05, 3.63) is 12.3 Å². The first-order valence-electron chi connectivity index (χ1n) is 8.21. The highest BCUT2D eigenvalue weighted by atomic mass is 32.2. The highest BCUT2D eigenvalue weighted by Gasteiger charge is 2.58. The summed E-state index contributed by atoms with van der Waals surface area (Å²) in [6, 6.07) is 0.656. The van der Waals surface area contributed by atoms with Crippen molar-refractivity contribution in [3.63, 3.8) is 0 Å². The standard InChI is InChI=1S/C16H25NO2S/c1-2-9-17(8-1)13-7-12-20-16(13,14-5-3-10-18-14)15-6-4-11-19-15/h3,10,13-15H,1-2,4-9,11-12H2. The molecule has 4 heterocycles. The van der Waals surface area contributed by atoms with Gasteiger partial charge in [0.2, 0.25) is 0 Å². The zero-order chi connectivity index (χ0) is 13.4. The summed E-state index contributed by atoms with van der Waals surface area (Å²) in [4.78, 5) is 2.74. The summed E-state index contributed by atoms with van der Waals surface area (Å²) in [5, 5.41) is 0. The number of likely N-dealkylation sites (tertiary alicyclic amines) is 1. The Bertz CT molecular complexity index is 365. The Hall–Kier alpha value is -0.190. The lowest BCUT2D eigenvalue weighted by molar-refractivity contribution is -0.0162. The van der Waals surface area contributed by atoms with Gasteiger partial charge in [0.05, 0.1) is 17.1 Å². The number of hydrogen-bond acceptors (Lipinski definition) is 4. The zero-order valence-corrected chi connectivity index (χ0v) is 12.9. The first-order chi connectivity index (χ1) is 9.91. The SMILES string of the molecule is C1=COC(C2(C3CCCO3)SCCC2N2CCCC2)C1. The van der Waals surface area contributed by atoms with Gasteiger partial charge < -0.3 is 9.47 Å². The molecule has 0 radical (unpaired) electrons. The van der Waals surface area contributed by atoms with Gasteiger partial charge in [-0.25, -0.2) is 0 Å². The molecule has 4 aliphatic rings. The molecule has 0 bridgehead atoms. The van der Waals surface area contributed by atoms with Crippen LogP contribution in [-0.4, -0.2) is 53.3 Å². The van der Waals surface area contributed by atoms with E-state index in [1.165, 1.54) is 50.9 Å². The third kappa shape index (κ3) is 2.03. The minimum atomic E-state index is 0.171. The van der Waals surface area contributed by atoms with Crippen LogP contribution in [0.5, 0.6) is 0 Å². The average Bonchev–Trinajstić information content (AvgIpc) is 3.23. The molecule has 0 saturated carbocycles. The fraction of sp³-hybridized carbons (Fsp3) is 0.875. The van der Waals surface area contributed by atoms with Crippen LogP contribution in [0.25, 0.3) is 0 Å². The Morgan fingerprint density at radius 1 is 1.10 bits per heavy atom. The summed E-state index contributed by atoms with van der Waals surface area (Å²) in [7, 11) is 0. The molecule has 0 N–H and O–H groups in total. The third-order valence-corrected chi connectivity index (χ3v) is 7.21. The van der Waals surface area contributed by atoms with Gasteiger partial charge in [-0.05, 0) is 57.0 Å². The van der Waals surface area contributed by atoms with Gasteiger partial charge in [-0.15, -0.1) is 11.8 Å². The van der Waals surface area contributed by atoms with Gasteiger partial charge in [-0.3, -0.25) is 4.90 Å². The van der Waals surface area contributed by atoms with Gasteiger partial charge in [0.25, 0.3) is 0 Å². The lowest BCUT2D eigenvalue weighted by atomic mass is 9.82. The fourth-order valence-corrected chi connectivity index (χ4v) is 6.49. The molecular weight excluding hydrogens is 270 g/mol. The van der Waals surface area contributed by atoms with E-state index in [4.69, 9.17) is 9.47 Å². The minimum Gasteiger partial charge on any atom is -0.496 e. The lowest BCUT2D eigenvalue weighted by Crippen LogP contribution is -2.60. The van der Waals surface area contributed by atoms with Crippen LogP contribution in [0, 0.1) is 0 Å². The molecule has 3 nitrogen and oxygen atoms in total. The number of ether oxygens (including phenoxy) is 2. The number of hydrogen-bond donors (Lipinski definition) is 0. The molecule has 4 heteroatoms. The van der Waals surface area contributed by atoms with E-state index in [9.17, 15) is 0 Å². The molecule has 0 amide bonds. The van der Waals surface area contributed by atoms with Crippen LogP contribution < -0.4 is 0 Å². The minimum absolute atomic E-state index is 0.171. The van der Waals surface area contributed by atoms with Crippen molar-refractivity contribution in [2.45, 2.75) is 61.5 Å². The maximum atomic E-state index is 6.19. The topological polar surface area (TPSA) is 21.7 Å². The summed E-state index contributed by atoms with van der Waals surface area (Å²) in [6.45, 7) is 3.50. The van der Waals surface area contributed by atoms with Crippen molar-refractivity contribution in [3.8, 4) is 0 Å². The summed E-state index contributed by atoms with van der Waals surface area (Å²) in [6.07, 6.45) is 12.4. The van der Waals surface area contributed by atoms with Crippen LogP contribution >= 0.6 is 11.8 Å². The Labute approximate surface area is 126 Å². The molecule has 112 valence electrons. The van der Waals surface area contributed by atoms with Crippen molar-refractivity contribution < 1.29 is 9.47 Å². The van der Waals surface area contributed by atoms with E-state index >= 15 is 0 Å². The molecule has 4 unspecified atom stereocenters. The van der Waals surface area contributed by atoms with Crippen molar-refractivity contribution in [2.24, 2.45) is 0 Å². The second kappa shape index (κ2) is 5.54. The van der Waals surface area contributed by atoms with Crippen LogP contribution in [-0.2, 0) is 9.47 Å². The quantitative estimate of drug-likeness (QED) is 0.798. The molecule has 0 aromatic carbocycles. The van der Waals surface area contributed by atoms with Gasteiger partial charge in [0.15, 0.2) is 0 Å². The highest BCUT2D eigenvalue weighted by Crippen LogP contribution is 2.52. The average molecular weight is 295 g/mol. The largest absolute Gasteiger partial charge is 0.496 e. The van der Waals surface area contributed by atoms with E-state index in [1.807, 2.05) is 6.26 Å². The van der Waals surface area contributed by atoms with E-state index in [0.717, 1.165) is 13.0 Å². The lowest BCUT2D eigenvalue weighted by Gasteiger charge is -2.46. The Morgan fingerprint density at radius 2 is 2.00 bits per heavy atom. The molecule has 3 saturated heterocycles. The second-order valence-corrected chi connectivity index (χ2v) is 7.89. The van der Waals surface area contributed by atoms with Crippen molar-refractivity contribution in [1.82, 2.24) is 4.90 Å². The smallest absolute Gasteiger partial charge is 0.120 e. The van der Waals surface area contributed by atoms with Gasteiger partial charge in [0.1, 0.15) is 6.10 Å². The van der Waals surface area contributed by atoms with Crippen molar-refractivity contribution in [2.75, 3.05) is 25.4 Å². The van der Waals surface area contributed by atoms with Gasteiger partial charge in [-0.2, -0.15) is 0 Å². The van der Waals surface area contributed by atoms with E-state index in [2.05, 4.69) is 22.7 Å². The van der Waals surface area contributed by atoms with Crippen LogP contribution in [0.1, 0.15) is 38.5 Å². The molecule has 4 atom stereocenters. The predicted octanol–water partition coefficient (Wildman–Crippen LogP) is 2.81. The monoisotopic (exact) mass is 295 g/mol. The Balaban J connectivity index is 1.65. The Kier molecular flexibility index (Phi) is 3.73. The molecule has 0 aromatic rings. The highest BCUT2D eigenvalue weighted by molar-refractivity contribution is 8.01. The molecule has 0 aliphatic carbocycles. The van der Waals surface area contributed by atoms with E-state index in [-0.39, 0.29) is 4.75 Å². The zero-order valence-electron chi connectivity index (χ0n) is 12.1. The van der Waals surface area contributed by atoms with E-state index in [0.29, 0.717) is 18.2 Å². The fourth-order valence-electron chi connectivity index (χ4n) is 4.62. The number of nitrogens with zero attached hydrogens (tertiary/aromatic N) is 1. The first-order valence-corrected chi connectivity index (χ1v) is 9.20. The van der Waals surface area contributed by atoms with Crippen LogP contribution in [0.4, 0.5) is 0 Å². The molecule has 0 spiro atoms. The summed E-state index contributed by atoms with van der Waals surface area (Å²) in [5.41, 5.74) is 0. The van der Waals surface area contributed by atoms with Crippen molar-refractivity contribution in [1.29, 1.82) is 0 Å². The van der Waals surface area contributed by atoms with Gasteiger partial charge in [-0.1, -0.05) is 0 Å². The summed E-state index contributed by atoms with van der Waals surface area (Å²) >= 11 is 2.15. The maximum absolute atomic E-state index is 6.19. The van der Waals surface area contributed by atoms with Crippen LogP contribution in [0.2, 0.25) is 0 Å². The van der Waals surface area contributed by atoms with E-state index in [1.54, 1.807) is 0 Å². The molecular formula is C16H25NO2S. The normalized spacial score (nSPS) is 45.3. The maximum Gasteiger partial charge on any atom is 0.120 e. The number of rotatable bonds is 3. The molecule has 4 rings (SSSR count). The third-order valence-electron chi connectivity index (χ3n) is 5.47. The molecule has 3 fully saturated rings. The number of thioether (sulfide) groups is 1.